The van der Waals surface area contributed by atoms with Gasteiger partial charge in [0.15, 0.2) is 5.69 Å². The van der Waals surface area contributed by atoms with Gasteiger partial charge in [-0.1, -0.05) is 17.7 Å². The van der Waals surface area contributed by atoms with Crippen molar-refractivity contribution in [3.8, 4) is 0 Å². The lowest BCUT2D eigenvalue weighted by atomic mass is 10.1. The van der Waals surface area contributed by atoms with Crippen molar-refractivity contribution in [3.05, 3.63) is 40.0 Å². The third-order valence-corrected chi connectivity index (χ3v) is 2.90. The molecule has 0 radical (unpaired) electrons. The Labute approximate surface area is 107 Å². The lowest BCUT2D eigenvalue weighted by Gasteiger charge is -2.07. The number of carbonyl (C=O) groups is 2. The molecule has 0 unspecified atom stereocenters. The molecule has 1 aromatic carbocycles. The van der Waals surface area contributed by atoms with Gasteiger partial charge in [-0.2, -0.15) is 0 Å². The van der Waals surface area contributed by atoms with Crippen LogP contribution in [0.25, 0.3) is 10.9 Å². The topological polar surface area (TPSA) is 87.5 Å². The molecule has 5 nitrogen and oxygen atoms in total. The average molecular weight is 266 g/mol. The van der Waals surface area contributed by atoms with E-state index in [1.54, 1.807) is 19.1 Å². The van der Waals surface area contributed by atoms with Crippen LogP contribution in [0.1, 0.15) is 26.4 Å². The predicted molar refractivity (Wildman–Crippen MR) is 65.4 cm³/mol. The van der Waals surface area contributed by atoms with Gasteiger partial charge in [0.25, 0.3) is 0 Å². The molecule has 18 heavy (non-hydrogen) atoms. The zero-order chi connectivity index (χ0) is 13.4. The molecule has 0 amide bonds. The van der Waals surface area contributed by atoms with Crippen LogP contribution in [-0.2, 0) is 0 Å². The molecular weight excluding hydrogens is 258 g/mol. The molecule has 0 saturated heterocycles. The summed E-state index contributed by atoms with van der Waals surface area (Å²) in [5.41, 5.74) is 0.265. The summed E-state index contributed by atoms with van der Waals surface area (Å²) in [6.07, 6.45) is 0. The Hall–Kier alpha value is -2.14. The third kappa shape index (κ3) is 1.89. The fourth-order valence-corrected chi connectivity index (χ4v) is 1.90. The van der Waals surface area contributed by atoms with Crippen LogP contribution >= 0.6 is 11.6 Å². The molecule has 0 atom stereocenters. The monoisotopic (exact) mass is 265 g/mol. The van der Waals surface area contributed by atoms with Crippen LogP contribution in [-0.4, -0.2) is 27.1 Å². The summed E-state index contributed by atoms with van der Waals surface area (Å²) in [7, 11) is 0. The number of carboxylic acid groups (broad SMARTS) is 2. The summed E-state index contributed by atoms with van der Waals surface area (Å²) in [6.45, 7) is 1.75. The van der Waals surface area contributed by atoms with Crippen LogP contribution in [0.5, 0.6) is 0 Å². The number of benzene rings is 1. The second-order valence-corrected chi connectivity index (χ2v) is 4.16. The number of pyridine rings is 1. The number of hydrogen-bond donors (Lipinski definition) is 2. The molecule has 1 heterocycles. The maximum absolute atomic E-state index is 11.0. The number of hydrogen-bond acceptors (Lipinski definition) is 3. The Kier molecular flexibility index (Phi) is 2.92. The Bertz CT molecular complexity index is 623. The highest BCUT2D eigenvalue weighted by Gasteiger charge is 2.20. The number of carboxylic acids is 2. The fraction of sp³-hybridized carbons (Fsp3) is 0.0833. The van der Waals surface area contributed by atoms with E-state index in [0.29, 0.717) is 15.9 Å². The van der Waals surface area contributed by atoms with Crippen molar-refractivity contribution in [2.45, 2.75) is 6.92 Å². The van der Waals surface area contributed by atoms with Crippen molar-refractivity contribution in [3.63, 3.8) is 0 Å². The summed E-state index contributed by atoms with van der Waals surface area (Å²) in [5.74, 6) is -2.73. The zero-order valence-corrected chi connectivity index (χ0v) is 10.0. The van der Waals surface area contributed by atoms with Gasteiger partial charge in [-0.3, -0.25) is 0 Å². The van der Waals surface area contributed by atoms with Gasteiger partial charge in [0, 0.05) is 5.39 Å². The minimum atomic E-state index is -1.38. The van der Waals surface area contributed by atoms with E-state index in [4.69, 9.17) is 21.8 Å². The number of nitrogens with zero attached hydrogens (tertiary/aromatic N) is 1. The van der Waals surface area contributed by atoms with Gasteiger partial charge >= 0.3 is 11.9 Å². The molecule has 1 aromatic heterocycles. The average Bonchev–Trinajstić information content (AvgIpc) is 2.32. The molecule has 92 valence electrons. The lowest BCUT2D eigenvalue weighted by Crippen LogP contribution is -2.11. The van der Waals surface area contributed by atoms with Gasteiger partial charge in [0.1, 0.15) is 0 Å². The molecule has 2 rings (SSSR count). The number of aryl methyl sites for hydroxylation is 1. The van der Waals surface area contributed by atoms with E-state index in [0.717, 1.165) is 5.56 Å². The van der Waals surface area contributed by atoms with Crippen molar-refractivity contribution >= 4 is 34.4 Å². The fourth-order valence-electron chi connectivity index (χ4n) is 1.69. The number of aromatic nitrogens is 1. The highest BCUT2D eigenvalue weighted by atomic mass is 35.5. The normalized spacial score (nSPS) is 10.6. The number of halogens is 1. The second-order valence-electron chi connectivity index (χ2n) is 3.76. The van der Waals surface area contributed by atoms with Crippen molar-refractivity contribution in [1.82, 2.24) is 4.98 Å². The SMILES string of the molecule is Cc1ccc(Cl)c2cc(C(=O)O)c(C(=O)O)nc12. The molecule has 2 N–H and O–H groups in total. The number of aromatic carboxylic acids is 2. The standard InChI is InChI=1S/C12H8ClNO4/c1-5-2-3-8(13)6-4-7(11(15)16)10(12(17)18)14-9(5)6/h2-4H,1H3,(H,15,16)(H,17,18). The molecule has 2 aromatic rings. The Balaban J connectivity index is 2.93. The number of rotatable bonds is 2. The van der Waals surface area contributed by atoms with Crippen LogP contribution < -0.4 is 0 Å². The van der Waals surface area contributed by atoms with Crippen LogP contribution in [0.15, 0.2) is 18.2 Å². The van der Waals surface area contributed by atoms with Crippen molar-refractivity contribution in [2.75, 3.05) is 0 Å². The highest BCUT2D eigenvalue weighted by molar-refractivity contribution is 6.35. The van der Waals surface area contributed by atoms with E-state index in [-0.39, 0.29) is 5.56 Å². The van der Waals surface area contributed by atoms with E-state index in [9.17, 15) is 9.59 Å². The van der Waals surface area contributed by atoms with Gasteiger partial charge in [0.05, 0.1) is 16.1 Å². The molecule has 6 heteroatoms. The Morgan fingerprint density at radius 3 is 2.44 bits per heavy atom. The smallest absolute Gasteiger partial charge is 0.355 e. The largest absolute Gasteiger partial charge is 0.478 e. The van der Waals surface area contributed by atoms with Crippen molar-refractivity contribution in [2.24, 2.45) is 0 Å². The third-order valence-electron chi connectivity index (χ3n) is 2.57. The molecule has 0 saturated carbocycles. The molecule has 0 bridgehead atoms. The second kappa shape index (κ2) is 4.27. The molecule has 0 aliphatic heterocycles. The predicted octanol–water partition coefficient (Wildman–Crippen LogP) is 2.59. The first-order valence-electron chi connectivity index (χ1n) is 4.98. The molecule has 0 fully saturated rings. The summed E-state index contributed by atoms with van der Waals surface area (Å²) >= 11 is 5.96. The molecular formula is C12H8ClNO4. The van der Waals surface area contributed by atoms with Gasteiger partial charge < -0.3 is 10.2 Å². The summed E-state index contributed by atoms with van der Waals surface area (Å²) in [6, 6.07) is 4.56. The summed E-state index contributed by atoms with van der Waals surface area (Å²) in [5, 5.41) is 18.7. The molecule has 0 aliphatic rings. The van der Waals surface area contributed by atoms with Gasteiger partial charge in [0.2, 0.25) is 0 Å². The maximum Gasteiger partial charge on any atom is 0.355 e. The van der Waals surface area contributed by atoms with Gasteiger partial charge in [-0.05, 0) is 24.6 Å². The van der Waals surface area contributed by atoms with Crippen LogP contribution in [0, 0.1) is 6.92 Å². The Morgan fingerprint density at radius 2 is 1.89 bits per heavy atom. The minimum absolute atomic E-state index is 0.336. The van der Waals surface area contributed by atoms with E-state index in [1.165, 1.54) is 6.07 Å². The summed E-state index contributed by atoms with van der Waals surface area (Å²) < 4.78 is 0. The number of fused-ring (bicyclic) bond motifs is 1. The highest BCUT2D eigenvalue weighted by Crippen LogP contribution is 2.27. The van der Waals surface area contributed by atoms with Crippen LogP contribution in [0.4, 0.5) is 0 Å². The minimum Gasteiger partial charge on any atom is -0.478 e. The van der Waals surface area contributed by atoms with E-state index >= 15 is 0 Å². The van der Waals surface area contributed by atoms with Gasteiger partial charge in [-0.15, -0.1) is 0 Å². The van der Waals surface area contributed by atoms with E-state index in [2.05, 4.69) is 4.98 Å². The quantitative estimate of drug-likeness (QED) is 0.871. The zero-order valence-electron chi connectivity index (χ0n) is 9.27. The van der Waals surface area contributed by atoms with Crippen LogP contribution in [0.3, 0.4) is 0 Å². The maximum atomic E-state index is 11.0. The Morgan fingerprint density at radius 1 is 1.22 bits per heavy atom. The first kappa shape index (κ1) is 12.3. The lowest BCUT2D eigenvalue weighted by molar-refractivity contribution is 0.0647. The molecule has 0 spiro atoms. The van der Waals surface area contributed by atoms with Crippen LogP contribution in [0.2, 0.25) is 5.02 Å². The van der Waals surface area contributed by atoms with Crippen molar-refractivity contribution in [1.29, 1.82) is 0 Å². The van der Waals surface area contributed by atoms with E-state index < -0.39 is 17.6 Å². The summed E-state index contributed by atoms with van der Waals surface area (Å²) in [4.78, 5) is 25.9. The first-order chi connectivity index (χ1) is 8.41. The van der Waals surface area contributed by atoms with E-state index in [1.807, 2.05) is 0 Å². The van der Waals surface area contributed by atoms with Crippen molar-refractivity contribution < 1.29 is 19.8 Å². The first-order valence-corrected chi connectivity index (χ1v) is 5.36. The molecule has 0 aliphatic carbocycles. The van der Waals surface area contributed by atoms with Gasteiger partial charge in [-0.25, -0.2) is 14.6 Å².